The fourth-order valence-electron chi connectivity index (χ4n) is 2.21. The van der Waals surface area contributed by atoms with Crippen molar-refractivity contribution in [2.75, 3.05) is 13.2 Å². The first-order chi connectivity index (χ1) is 11.3. The summed E-state index contributed by atoms with van der Waals surface area (Å²) in [5.74, 6) is 0.965. The maximum Gasteiger partial charge on any atom is 0.110 e. The number of benzene rings is 1. The highest BCUT2D eigenvalue weighted by atomic mass is 16.5. The van der Waals surface area contributed by atoms with Crippen LogP contribution in [0.1, 0.15) is 43.1 Å². The minimum absolute atomic E-state index is 0.459. The van der Waals surface area contributed by atoms with Gasteiger partial charge in [0.2, 0.25) is 0 Å². The van der Waals surface area contributed by atoms with Gasteiger partial charge in [-0.2, -0.15) is 0 Å². The number of nitrogens with zero attached hydrogens (tertiary/aromatic N) is 1. The number of imidazole rings is 1. The van der Waals surface area contributed by atoms with Crippen LogP contribution in [0.2, 0.25) is 0 Å². The number of hydrogen-bond donors (Lipinski definition) is 2. The second-order valence-electron chi connectivity index (χ2n) is 5.64. The second-order valence-corrected chi connectivity index (χ2v) is 5.64. The molecule has 1 heterocycles. The lowest BCUT2D eigenvalue weighted by Gasteiger charge is -2.06. The zero-order chi connectivity index (χ0) is 16.3. The maximum absolute atomic E-state index is 9.91. The minimum Gasteiger partial charge on any atom is -0.389 e. The number of rotatable bonds is 10. The van der Waals surface area contributed by atoms with Crippen LogP contribution >= 0.6 is 0 Å². The summed E-state index contributed by atoms with van der Waals surface area (Å²) in [5.41, 5.74) is 2.29. The molecule has 0 aliphatic rings. The van der Waals surface area contributed by atoms with Crippen molar-refractivity contribution in [2.45, 2.75) is 38.7 Å². The van der Waals surface area contributed by atoms with E-state index in [1.807, 2.05) is 18.3 Å². The first-order valence-electron chi connectivity index (χ1n) is 8.29. The standard InChI is InChI=1S/C19H26N2O2/c1-2-3-13-23-14-10-18(22)9-8-16-4-6-17(7-5-16)15-19-20-11-12-21-19/h4-9,11-12,18,22H,2-3,10,13-15H2,1H3,(H,20,21). The first kappa shape index (κ1) is 17.4. The lowest BCUT2D eigenvalue weighted by molar-refractivity contribution is 0.0969. The van der Waals surface area contributed by atoms with Gasteiger partial charge in [0.15, 0.2) is 0 Å². The number of aliphatic hydroxyl groups excluding tert-OH is 1. The van der Waals surface area contributed by atoms with Crippen LogP contribution in [0.25, 0.3) is 6.08 Å². The van der Waals surface area contributed by atoms with Crippen LogP contribution in [0.4, 0.5) is 0 Å². The molecular weight excluding hydrogens is 288 g/mol. The van der Waals surface area contributed by atoms with E-state index in [0.717, 1.165) is 37.3 Å². The van der Waals surface area contributed by atoms with E-state index in [2.05, 4.69) is 41.2 Å². The van der Waals surface area contributed by atoms with Crippen LogP contribution in [0.3, 0.4) is 0 Å². The minimum atomic E-state index is -0.459. The molecule has 0 saturated heterocycles. The van der Waals surface area contributed by atoms with Gasteiger partial charge in [-0.05, 0) is 17.5 Å². The largest absolute Gasteiger partial charge is 0.389 e. The van der Waals surface area contributed by atoms with Gasteiger partial charge < -0.3 is 14.8 Å². The van der Waals surface area contributed by atoms with Crippen LogP contribution in [0, 0.1) is 0 Å². The molecular formula is C19H26N2O2. The highest BCUT2D eigenvalue weighted by molar-refractivity contribution is 5.50. The monoisotopic (exact) mass is 314 g/mol. The topological polar surface area (TPSA) is 58.1 Å². The van der Waals surface area contributed by atoms with Crippen molar-refractivity contribution in [3.63, 3.8) is 0 Å². The molecule has 0 radical (unpaired) electrons. The quantitative estimate of drug-likeness (QED) is 0.659. The Kier molecular flexibility index (Phi) is 7.57. The summed E-state index contributed by atoms with van der Waals surface area (Å²) in [7, 11) is 0. The van der Waals surface area contributed by atoms with Crippen LogP contribution in [-0.4, -0.2) is 34.4 Å². The van der Waals surface area contributed by atoms with Crippen LogP contribution < -0.4 is 0 Å². The summed E-state index contributed by atoms with van der Waals surface area (Å²) in [5, 5.41) is 9.91. The van der Waals surface area contributed by atoms with Crippen molar-refractivity contribution in [1.29, 1.82) is 0 Å². The Hall–Kier alpha value is -1.91. The Morgan fingerprint density at radius 1 is 1.26 bits per heavy atom. The molecule has 124 valence electrons. The van der Waals surface area contributed by atoms with Crippen LogP contribution in [-0.2, 0) is 11.2 Å². The van der Waals surface area contributed by atoms with Gasteiger partial charge >= 0.3 is 0 Å². The number of aromatic amines is 1. The molecule has 0 aliphatic heterocycles. The molecule has 0 aliphatic carbocycles. The molecule has 2 rings (SSSR count). The molecule has 2 aromatic rings. The lowest BCUT2D eigenvalue weighted by atomic mass is 10.1. The second kappa shape index (κ2) is 9.98. The number of nitrogens with one attached hydrogen (secondary N) is 1. The SMILES string of the molecule is CCCCOCCC(O)C=Cc1ccc(Cc2ncc[nH]2)cc1. The third-order valence-electron chi connectivity index (χ3n) is 3.62. The van der Waals surface area contributed by atoms with Gasteiger partial charge in [-0.1, -0.05) is 49.8 Å². The Balaban J connectivity index is 1.73. The van der Waals surface area contributed by atoms with Crippen molar-refractivity contribution in [1.82, 2.24) is 9.97 Å². The molecule has 0 spiro atoms. The van der Waals surface area contributed by atoms with E-state index in [1.54, 1.807) is 6.20 Å². The third-order valence-corrected chi connectivity index (χ3v) is 3.62. The molecule has 0 bridgehead atoms. The van der Waals surface area contributed by atoms with Gasteiger partial charge in [-0.25, -0.2) is 4.98 Å². The predicted molar refractivity (Wildman–Crippen MR) is 93.2 cm³/mol. The summed E-state index contributed by atoms with van der Waals surface area (Å²) in [6.07, 6.45) is 10.6. The Morgan fingerprint density at radius 3 is 2.78 bits per heavy atom. The van der Waals surface area contributed by atoms with E-state index < -0.39 is 6.10 Å². The molecule has 0 fully saturated rings. The number of ether oxygens (including phenoxy) is 1. The Morgan fingerprint density at radius 2 is 2.09 bits per heavy atom. The van der Waals surface area contributed by atoms with Gasteiger partial charge in [0, 0.05) is 38.4 Å². The highest BCUT2D eigenvalue weighted by Gasteiger charge is 2.00. The lowest BCUT2D eigenvalue weighted by Crippen LogP contribution is -2.07. The van der Waals surface area contributed by atoms with Gasteiger partial charge in [0.1, 0.15) is 5.82 Å². The molecule has 0 saturated carbocycles. The van der Waals surface area contributed by atoms with Crippen LogP contribution in [0.15, 0.2) is 42.7 Å². The van der Waals surface area contributed by atoms with Crippen molar-refractivity contribution in [3.8, 4) is 0 Å². The summed E-state index contributed by atoms with van der Waals surface area (Å²) < 4.78 is 5.46. The van der Waals surface area contributed by atoms with Crippen molar-refractivity contribution >= 4 is 6.08 Å². The number of aromatic nitrogens is 2. The van der Waals surface area contributed by atoms with Crippen LogP contribution in [0.5, 0.6) is 0 Å². The Bertz CT molecular complexity index is 562. The summed E-state index contributed by atoms with van der Waals surface area (Å²) in [6.45, 7) is 3.53. The van der Waals surface area contributed by atoms with E-state index in [-0.39, 0.29) is 0 Å². The smallest absolute Gasteiger partial charge is 0.110 e. The molecule has 4 nitrogen and oxygen atoms in total. The van der Waals surface area contributed by atoms with Gasteiger partial charge in [-0.3, -0.25) is 0 Å². The maximum atomic E-state index is 9.91. The molecule has 23 heavy (non-hydrogen) atoms. The molecule has 2 N–H and O–H groups in total. The molecule has 1 aromatic heterocycles. The number of aliphatic hydroxyl groups is 1. The number of H-pyrrole nitrogens is 1. The van der Waals surface area contributed by atoms with Crippen molar-refractivity contribution in [3.05, 3.63) is 59.7 Å². The Labute approximate surface area is 138 Å². The average Bonchev–Trinajstić information content (AvgIpc) is 3.07. The molecule has 0 amide bonds. The fourth-order valence-corrected chi connectivity index (χ4v) is 2.21. The number of hydrogen-bond acceptors (Lipinski definition) is 3. The van der Waals surface area contributed by atoms with E-state index in [9.17, 15) is 5.11 Å². The number of unbranched alkanes of at least 4 members (excludes halogenated alkanes) is 1. The molecule has 1 atom stereocenters. The van der Waals surface area contributed by atoms with E-state index in [0.29, 0.717) is 13.0 Å². The average molecular weight is 314 g/mol. The molecule has 1 unspecified atom stereocenters. The fraction of sp³-hybridized carbons (Fsp3) is 0.421. The molecule has 1 aromatic carbocycles. The zero-order valence-corrected chi connectivity index (χ0v) is 13.7. The van der Waals surface area contributed by atoms with Gasteiger partial charge in [0.05, 0.1) is 6.10 Å². The van der Waals surface area contributed by atoms with E-state index in [4.69, 9.17) is 4.74 Å². The third kappa shape index (κ3) is 6.80. The highest BCUT2D eigenvalue weighted by Crippen LogP contribution is 2.10. The normalized spacial score (nSPS) is 12.8. The van der Waals surface area contributed by atoms with Crippen molar-refractivity contribution < 1.29 is 9.84 Å². The summed E-state index contributed by atoms with van der Waals surface area (Å²) in [6, 6.07) is 8.28. The molecule has 4 heteroatoms. The zero-order valence-electron chi connectivity index (χ0n) is 13.7. The van der Waals surface area contributed by atoms with E-state index >= 15 is 0 Å². The predicted octanol–water partition coefficient (Wildman–Crippen LogP) is 3.58. The summed E-state index contributed by atoms with van der Waals surface area (Å²) >= 11 is 0. The summed E-state index contributed by atoms with van der Waals surface area (Å²) in [4.78, 5) is 7.33. The van der Waals surface area contributed by atoms with Crippen molar-refractivity contribution in [2.24, 2.45) is 0 Å². The van der Waals surface area contributed by atoms with Gasteiger partial charge in [-0.15, -0.1) is 0 Å². The van der Waals surface area contributed by atoms with E-state index in [1.165, 1.54) is 5.56 Å². The van der Waals surface area contributed by atoms with Gasteiger partial charge in [0.25, 0.3) is 0 Å². The first-order valence-corrected chi connectivity index (χ1v) is 8.29.